The van der Waals surface area contributed by atoms with Crippen molar-refractivity contribution in [2.24, 2.45) is 5.92 Å². The molecule has 3 heterocycles. The zero-order valence-electron chi connectivity index (χ0n) is 21.8. The van der Waals surface area contributed by atoms with Gasteiger partial charge in [0.2, 0.25) is 0 Å². The van der Waals surface area contributed by atoms with Crippen LogP contribution in [0.2, 0.25) is 0 Å². The second-order valence-corrected chi connectivity index (χ2v) is 9.76. The largest absolute Gasteiger partial charge is 0.493 e. The lowest BCUT2D eigenvalue weighted by molar-refractivity contribution is 0.127. The lowest BCUT2D eigenvalue weighted by atomic mass is 9.92. The first kappa shape index (κ1) is 25.4. The number of benzene rings is 2. The second kappa shape index (κ2) is 11.0. The van der Waals surface area contributed by atoms with E-state index in [9.17, 15) is 4.79 Å². The summed E-state index contributed by atoms with van der Waals surface area (Å²) < 4.78 is 12.6. The minimum atomic E-state index is -0.162. The van der Waals surface area contributed by atoms with E-state index in [1.165, 1.54) is 11.8 Å². The Labute approximate surface area is 221 Å². The quantitative estimate of drug-likeness (QED) is 0.281. The van der Waals surface area contributed by atoms with Crippen molar-refractivity contribution in [2.75, 3.05) is 31.2 Å². The van der Waals surface area contributed by atoms with Crippen molar-refractivity contribution in [1.82, 2.24) is 19.4 Å². The Morgan fingerprint density at radius 2 is 2.03 bits per heavy atom. The smallest absolute Gasteiger partial charge is 0.326 e. The van der Waals surface area contributed by atoms with Gasteiger partial charge in [-0.1, -0.05) is 49.9 Å². The predicted molar refractivity (Wildman–Crippen MR) is 150 cm³/mol. The minimum absolute atomic E-state index is 0.00791. The number of fused-ring (bicyclic) bond motifs is 1. The number of aromatic amines is 1. The highest BCUT2D eigenvalue weighted by atomic mass is 16.5. The summed E-state index contributed by atoms with van der Waals surface area (Å²) in [6, 6.07) is 16.1. The van der Waals surface area contributed by atoms with Gasteiger partial charge in [-0.15, -0.1) is 0 Å². The molecule has 0 radical (unpaired) electrons. The van der Waals surface area contributed by atoms with Crippen LogP contribution in [0.1, 0.15) is 30.5 Å². The fraction of sp³-hybridized carbons (Fsp3) is 0.310. The maximum Gasteiger partial charge on any atom is 0.326 e. The van der Waals surface area contributed by atoms with Gasteiger partial charge in [-0.2, -0.15) is 0 Å². The molecule has 1 saturated heterocycles. The van der Waals surface area contributed by atoms with Crippen molar-refractivity contribution < 1.29 is 9.47 Å². The number of nitrogens with two attached hydrogens (primary N) is 1. The zero-order chi connectivity index (χ0) is 26.6. The van der Waals surface area contributed by atoms with Crippen molar-refractivity contribution in [3.8, 4) is 11.5 Å². The molecule has 38 heavy (non-hydrogen) atoms. The molecular formula is C29H34N6O3. The molecule has 9 nitrogen and oxygen atoms in total. The van der Waals surface area contributed by atoms with E-state index in [1.54, 1.807) is 13.3 Å². The Kier molecular flexibility index (Phi) is 7.37. The number of H-pyrrole nitrogens is 1. The number of imidazole rings is 1. The molecule has 0 saturated carbocycles. The van der Waals surface area contributed by atoms with Gasteiger partial charge in [0, 0.05) is 19.6 Å². The molecule has 1 fully saturated rings. The number of hydrogen-bond donors (Lipinski definition) is 3. The number of likely N-dealkylation sites (tertiary alicyclic amines) is 1. The van der Waals surface area contributed by atoms with Crippen LogP contribution in [0.3, 0.4) is 0 Å². The van der Waals surface area contributed by atoms with Gasteiger partial charge >= 0.3 is 5.69 Å². The number of rotatable bonds is 9. The third kappa shape index (κ3) is 5.10. The van der Waals surface area contributed by atoms with Gasteiger partial charge in [-0.05, 0) is 42.1 Å². The molecule has 4 N–H and O–H groups in total. The maximum absolute atomic E-state index is 13.2. The minimum Gasteiger partial charge on any atom is -0.493 e. The number of nitrogens with one attached hydrogen (secondary N) is 2. The Bertz CT molecular complexity index is 1480. The number of methoxy groups -OCH3 is 1. The Balaban J connectivity index is 1.41. The zero-order valence-corrected chi connectivity index (χ0v) is 21.8. The van der Waals surface area contributed by atoms with Crippen molar-refractivity contribution in [3.05, 3.63) is 89.2 Å². The summed E-state index contributed by atoms with van der Waals surface area (Å²) in [5.41, 5.74) is 10.5. The molecule has 1 aliphatic heterocycles. The van der Waals surface area contributed by atoms with E-state index in [0.29, 0.717) is 46.5 Å². The van der Waals surface area contributed by atoms with Crippen LogP contribution in [-0.2, 0) is 13.1 Å². The summed E-state index contributed by atoms with van der Waals surface area (Å²) in [6.07, 6.45) is 4.03. The van der Waals surface area contributed by atoms with E-state index in [4.69, 9.17) is 15.2 Å². The van der Waals surface area contributed by atoms with Gasteiger partial charge in [0.1, 0.15) is 5.69 Å². The monoisotopic (exact) mass is 514 g/mol. The molecule has 2 aromatic heterocycles. The number of pyridine rings is 1. The lowest BCUT2D eigenvalue weighted by Gasteiger charge is -2.37. The first-order valence-corrected chi connectivity index (χ1v) is 12.8. The van der Waals surface area contributed by atoms with Crippen LogP contribution in [0.4, 0.5) is 11.5 Å². The van der Waals surface area contributed by atoms with Gasteiger partial charge < -0.3 is 25.5 Å². The van der Waals surface area contributed by atoms with Gasteiger partial charge in [-0.25, -0.2) is 9.78 Å². The molecule has 2 atom stereocenters. The van der Waals surface area contributed by atoms with Crippen molar-refractivity contribution in [1.29, 1.82) is 0 Å². The summed E-state index contributed by atoms with van der Waals surface area (Å²) in [6.45, 7) is 8.90. The number of anilines is 2. The van der Waals surface area contributed by atoms with E-state index in [-0.39, 0.29) is 11.7 Å². The number of ether oxygens (including phenoxy) is 2. The Morgan fingerprint density at radius 3 is 2.79 bits per heavy atom. The first-order chi connectivity index (χ1) is 18.5. The number of hydrogen-bond acceptors (Lipinski definition) is 7. The van der Waals surface area contributed by atoms with Crippen LogP contribution >= 0.6 is 0 Å². The summed E-state index contributed by atoms with van der Waals surface area (Å²) in [5.74, 6) is 2.04. The summed E-state index contributed by atoms with van der Waals surface area (Å²) >= 11 is 0. The fourth-order valence-electron chi connectivity index (χ4n) is 5.24. The Morgan fingerprint density at radius 1 is 1.21 bits per heavy atom. The fourth-order valence-corrected chi connectivity index (χ4v) is 5.24. The standard InChI is InChI=1S/C29H34N6O3/c1-4-38-25-14-21(10-11-24(25)37-3)15-31-28-26(30)27-22(16-32-28)33-29(36)35(27)23-18-34(13-12-19(23)2)17-20-8-6-5-7-9-20/h4-11,14,16,19,23H,1,12-13,15,17-18,30H2,2-3H3,(H,31,32)(H,33,36)/t19-,23+/m1/s1. The van der Waals surface area contributed by atoms with E-state index in [1.807, 2.05) is 28.8 Å². The van der Waals surface area contributed by atoms with Crippen LogP contribution in [0.5, 0.6) is 11.5 Å². The molecule has 0 aliphatic carbocycles. The van der Waals surface area contributed by atoms with Crippen LogP contribution in [0, 0.1) is 5.92 Å². The van der Waals surface area contributed by atoms with Crippen molar-refractivity contribution in [2.45, 2.75) is 32.5 Å². The SMILES string of the molecule is C=COc1cc(CNc2ncc3[nH]c(=O)n([C@H]4CN(Cc5ccccc5)CC[C@H]4C)c3c2N)ccc1OC. The second-order valence-electron chi connectivity index (χ2n) is 9.76. The number of nitrogen functional groups attached to an aromatic ring is 1. The highest BCUT2D eigenvalue weighted by Crippen LogP contribution is 2.34. The van der Waals surface area contributed by atoms with Gasteiger partial charge in [0.05, 0.1) is 36.6 Å². The average molecular weight is 515 g/mol. The molecule has 1 aliphatic rings. The normalized spacial score (nSPS) is 17.8. The van der Waals surface area contributed by atoms with Gasteiger partial charge in [0.25, 0.3) is 0 Å². The molecule has 5 rings (SSSR count). The molecule has 2 aromatic carbocycles. The van der Waals surface area contributed by atoms with Crippen LogP contribution in [0.15, 0.2) is 72.4 Å². The number of aromatic nitrogens is 3. The maximum atomic E-state index is 13.2. The number of piperidine rings is 1. The molecule has 0 unspecified atom stereocenters. The van der Waals surface area contributed by atoms with Crippen LogP contribution in [0.25, 0.3) is 11.0 Å². The molecule has 0 amide bonds. The Hall–Kier alpha value is -4.24. The van der Waals surface area contributed by atoms with Gasteiger partial charge in [0.15, 0.2) is 17.3 Å². The third-order valence-electron chi connectivity index (χ3n) is 7.27. The van der Waals surface area contributed by atoms with Crippen molar-refractivity contribution >= 4 is 22.5 Å². The summed E-state index contributed by atoms with van der Waals surface area (Å²) in [5, 5.41) is 3.32. The van der Waals surface area contributed by atoms with E-state index < -0.39 is 0 Å². The molecule has 0 spiro atoms. The molecule has 198 valence electrons. The first-order valence-electron chi connectivity index (χ1n) is 12.8. The topological polar surface area (TPSA) is 110 Å². The van der Waals surface area contributed by atoms with Crippen LogP contribution in [-0.4, -0.2) is 39.6 Å². The summed E-state index contributed by atoms with van der Waals surface area (Å²) in [7, 11) is 1.59. The highest BCUT2D eigenvalue weighted by Gasteiger charge is 2.31. The lowest BCUT2D eigenvalue weighted by Crippen LogP contribution is -2.42. The highest BCUT2D eigenvalue weighted by molar-refractivity contribution is 5.92. The number of nitrogens with zero attached hydrogens (tertiary/aromatic N) is 3. The van der Waals surface area contributed by atoms with E-state index >= 15 is 0 Å². The molecule has 9 heteroatoms. The predicted octanol–water partition coefficient (Wildman–Crippen LogP) is 4.53. The summed E-state index contributed by atoms with van der Waals surface area (Å²) in [4.78, 5) is 23.1. The molecule has 4 aromatic rings. The van der Waals surface area contributed by atoms with E-state index in [2.05, 4.69) is 58.0 Å². The van der Waals surface area contributed by atoms with Crippen molar-refractivity contribution in [3.63, 3.8) is 0 Å². The van der Waals surface area contributed by atoms with Crippen LogP contribution < -0.4 is 26.2 Å². The van der Waals surface area contributed by atoms with Gasteiger partial charge in [-0.3, -0.25) is 9.47 Å². The molecular weight excluding hydrogens is 480 g/mol. The average Bonchev–Trinajstić information content (AvgIpc) is 3.26. The third-order valence-corrected chi connectivity index (χ3v) is 7.27. The molecule has 0 bridgehead atoms. The van der Waals surface area contributed by atoms with E-state index in [0.717, 1.165) is 31.6 Å².